The molecule has 4 rings (SSSR count). The number of nitrogens with one attached hydrogen (secondary N) is 1. The fourth-order valence-corrected chi connectivity index (χ4v) is 2.85. The molecule has 0 aliphatic rings. The second kappa shape index (κ2) is 3.75. The molecule has 2 heteroatoms. The number of H-pyrrole nitrogens is 1. The van der Waals surface area contributed by atoms with Crippen LogP contribution in [0.25, 0.3) is 27.5 Å². The van der Waals surface area contributed by atoms with E-state index in [1.54, 1.807) is 0 Å². The standard InChI is InChI=1S/C17H14N2/c1-12-17(14-7-3-4-8-15(14)18-12)19-11-10-13-6-2-5-9-16(13)19/h2-11,18H,1H3. The zero-order valence-corrected chi connectivity index (χ0v) is 10.7. The van der Waals surface area contributed by atoms with Crippen LogP contribution in [-0.4, -0.2) is 9.55 Å². The lowest BCUT2D eigenvalue weighted by atomic mass is 10.2. The van der Waals surface area contributed by atoms with Crippen LogP contribution in [0.5, 0.6) is 0 Å². The molecule has 2 aromatic carbocycles. The van der Waals surface area contributed by atoms with E-state index in [9.17, 15) is 0 Å². The van der Waals surface area contributed by atoms with E-state index in [2.05, 4.69) is 77.3 Å². The van der Waals surface area contributed by atoms with Gasteiger partial charge in [0.15, 0.2) is 0 Å². The molecular formula is C17H14N2. The van der Waals surface area contributed by atoms with E-state index in [1.165, 1.54) is 33.2 Å². The molecule has 0 bridgehead atoms. The minimum atomic E-state index is 1.19. The van der Waals surface area contributed by atoms with Gasteiger partial charge in [-0.2, -0.15) is 0 Å². The van der Waals surface area contributed by atoms with Gasteiger partial charge in [-0.1, -0.05) is 36.4 Å². The lowest BCUT2D eigenvalue weighted by molar-refractivity contribution is 1.10. The van der Waals surface area contributed by atoms with Crippen molar-refractivity contribution in [2.75, 3.05) is 0 Å². The quantitative estimate of drug-likeness (QED) is 0.513. The van der Waals surface area contributed by atoms with Crippen LogP contribution < -0.4 is 0 Å². The predicted octanol–water partition coefficient (Wildman–Crippen LogP) is 4.42. The topological polar surface area (TPSA) is 20.7 Å². The Balaban J connectivity index is 2.12. The minimum absolute atomic E-state index is 1.19. The highest BCUT2D eigenvalue weighted by Crippen LogP contribution is 2.29. The molecule has 4 aromatic rings. The maximum atomic E-state index is 3.46. The van der Waals surface area contributed by atoms with E-state index in [1.807, 2.05) is 0 Å². The number of aryl methyl sites for hydroxylation is 1. The van der Waals surface area contributed by atoms with Crippen LogP contribution in [0.4, 0.5) is 0 Å². The molecule has 2 nitrogen and oxygen atoms in total. The number of aromatic nitrogens is 2. The van der Waals surface area contributed by atoms with Gasteiger partial charge in [-0.05, 0) is 30.5 Å². The summed E-state index contributed by atoms with van der Waals surface area (Å²) in [5, 5.41) is 2.54. The van der Waals surface area contributed by atoms with Gasteiger partial charge in [-0.15, -0.1) is 0 Å². The molecule has 2 aromatic heterocycles. The summed E-state index contributed by atoms with van der Waals surface area (Å²) in [4.78, 5) is 3.46. The van der Waals surface area contributed by atoms with E-state index in [0.29, 0.717) is 0 Å². The summed E-state index contributed by atoms with van der Waals surface area (Å²) >= 11 is 0. The van der Waals surface area contributed by atoms with Crippen LogP contribution >= 0.6 is 0 Å². The largest absolute Gasteiger partial charge is 0.357 e. The number of nitrogens with zero attached hydrogens (tertiary/aromatic N) is 1. The lowest BCUT2D eigenvalue weighted by Gasteiger charge is -2.05. The summed E-state index contributed by atoms with van der Waals surface area (Å²) in [7, 11) is 0. The second-order valence-corrected chi connectivity index (χ2v) is 4.89. The second-order valence-electron chi connectivity index (χ2n) is 4.89. The van der Waals surface area contributed by atoms with Gasteiger partial charge in [0.2, 0.25) is 0 Å². The number of aromatic amines is 1. The first-order chi connectivity index (χ1) is 9.34. The summed E-state index contributed by atoms with van der Waals surface area (Å²) in [6.07, 6.45) is 2.15. The maximum Gasteiger partial charge on any atom is 0.0740 e. The molecule has 0 fully saturated rings. The van der Waals surface area contributed by atoms with Crippen LogP contribution in [0, 0.1) is 6.92 Å². The first-order valence-electron chi connectivity index (χ1n) is 6.48. The summed E-state index contributed by atoms with van der Waals surface area (Å²) in [5.41, 5.74) is 4.88. The van der Waals surface area contributed by atoms with Crippen molar-refractivity contribution in [2.24, 2.45) is 0 Å². The van der Waals surface area contributed by atoms with Gasteiger partial charge >= 0.3 is 0 Å². The number of benzene rings is 2. The molecule has 92 valence electrons. The van der Waals surface area contributed by atoms with Crippen molar-refractivity contribution < 1.29 is 0 Å². The number of rotatable bonds is 1. The highest BCUT2D eigenvalue weighted by Gasteiger charge is 2.11. The molecule has 1 N–H and O–H groups in total. The van der Waals surface area contributed by atoms with Crippen LogP contribution in [0.2, 0.25) is 0 Å². The Bertz CT molecular complexity index is 880. The molecule has 0 radical (unpaired) electrons. The smallest absolute Gasteiger partial charge is 0.0740 e. The Morgan fingerprint density at radius 3 is 2.63 bits per heavy atom. The summed E-state index contributed by atoms with van der Waals surface area (Å²) in [5.74, 6) is 0. The molecule has 19 heavy (non-hydrogen) atoms. The number of para-hydroxylation sites is 2. The Morgan fingerprint density at radius 2 is 1.68 bits per heavy atom. The summed E-state index contributed by atoms with van der Waals surface area (Å²) in [6.45, 7) is 2.13. The zero-order chi connectivity index (χ0) is 12.8. The fourth-order valence-electron chi connectivity index (χ4n) is 2.85. The predicted molar refractivity (Wildman–Crippen MR) is 79.9 cm³/mol. The molecule has 0 atom stereocenters. The molecule has 0 spiro atoms. The molecule has 0 aliphatic carbocycles. The third-order valence-corrected chi connectivity index (χ3v) is 3.70. The normalized spacial score (nSPS) is 11.4. The molecule has 0 amide bonds. The number of hydrogen-bond donors (Lipinski definition) is 1. The number of hydrogen-bond acceptors (Lipinski definition) is 0. The minimum Gasteiger partial charge on any atom is -0.357 e. The van der Waals surface area contributed by atoms with Gasteiger partial charge in [0, 0.05) is 22.8 Å². The Kier molecular flexibility index (Phi) is 2.06. The molecular weight excluding hydrogens is 232 g/mol. The summed E-state index contributed by atoms with van der Waals surface area (Å²) in [6, 6.07) is 19.1. The average Bonchev–Trinajstić information content (AvgIpc) is 2.98. The highest BCUT2D eigenvalue weighted by atomic mass is 15.0. The van der Waals surface area contributed by atoms with E-state index in [0.717, 1.165) is 0 Å². The summed E-state index contributed by atoms with van der Waals surface area (Å²) < 4.78 is 2.27. The molecule has 0 unspecified atom stereocenters. The van der Waals surface area contributed by atoms with Crippen LogP contribution in [0.3, 0.4) is 0 Å². The lowest BCUT2D eigenvalue weighted by Crippen LogP contribution is -1.92. The van der Waals surface area contributed by atoms with E-state index in [-0.39, 0.29) is 0 Å². The molecule has 0 aliphatic heterocycles. The van der Waals surface area contributed by atoms with Gasteiger partial charge < -0.3 is 9.55 Å². The van der Waals surface area contributed by atoms with Crippen LogP contribution in [-0.2, 0) is 0 Å². The van der Waals surface area contributed by atoms with E-state index < -0.39 is 0 Å². The van der Waals surface area contributed by atoms with Crippen molar-refractivity contribution in [3.05, 3.63) is 66.5 Å². The van der Waals surface area contributed by atoms with Crippen molar-refractivity contribution in [1.29, 1.82) is 0 Å². The van der Waals surface area contributed by atoms with E-state index >= 15 is 0 Å². The van der Waals surface area contributed by atoms with Gasteiger partial charge in [0.25, 0.3) is 0 Å². The molecule has 2 heterocycles. The highest BCUT2D eigenvalue weighted by molar-refractivity contribution is 5.93. The van der Waals surface area contributed by atoms with Crippen LogP contribution in [0.15, 0.2) is 60.8 Å². The van der Waals surface area contributed by atoms with Crippen molar-refractivity contribution >= 4 is 21.8 Å². The Hall–Kier alpha value is -2.48. The number of fused-ring (bicyclic) bond motifs is 2. The van der Waals surface area contributed by atoms with Gasteiger partial charge in [-0.3, -0.25) is 0 Å². The van der Waals surface area contributed by atoms with Crippen LogP contribution in [0.1, 0.15) is 5.69 Å². The fraction of sp³-hybridized carbons (Fsp3) is 0.0588. The van der Waals surface area contributed by atoms with Crippen molar-refractivity contribution in [3.63, 3.8) is 0 Å². The van der Waals surface area contributed by atoms with Crippen molar-refractivity contribution in [2.45, 2.75) is 6.92 Å². The Labute approximate surface area is 111 Å². The molecule has 0 saturated carbocycles. The SMILES string of the molecule is Cc1[nH]c2ccccc2c1-n1ccc2ccccc21. The van der Waals surface area contributed by atoms with Gasteiger partial charge in [0.1, 0.15) is 0 Å². The first kappa shape index (κ1) is 10.4. The third-order valence-electron chi connectivity index (χ3n) is 3.70. The van der Waals surface area contributed by atoms with Gasteiger partial charge in [0.05, 0.1) is 11.2 Å². The maximum absolute atomic E-state index is 3.46. The van der Waals surface area contributed by atoms with E-state index in [4.69, 9.17) is 0 Å². The zero-order valence-electron chi connectivity index (χ0n) is 10.7. The first-order valence-corrected chi connectivity index (χ1v) is 6.48. The van der Waals surface area contributed by atoms with Crippen molar-refractivity contribution in [1.82, 2.24) is 9.55 Å². The Morgan fingerprint density at radius 1 is 0.895 bits per heavy atom. The van der Waals surface area contributed by atoms with Gasteiger partial charge in [-0.25, -0.2) is 0 Å². The monoisotopic (exact) mass is 246 g/mol. The average molecular weight is 246 g/mol. The third kappa shape index (κ3) is 1.43. The van der Waals surface area contributed by atoms with Crippen molar-refractivity contribution in [3.8, 4) is 5.69 Å². The molecule has 0 saturated heterocycles.